The molecule has 0 spiro atoms. The van der Waals surface area contributed by atoms with Gasteiger partial charge in [0.2, 0.25) is 0 Å². The Hall–Kier alpha value is -1.00. The Balaban J connectivity index is 2.54. The maximum Gasteiger partial charge on any atom is 0.425 e. The van der Waals surface area contributed by atoms with Gasteiger partial charge >= 0.3 is 6.18 Å². The van der Waals surface area contributed by atoms with E-state index >= 15 is 0 Å². The van der Waals surface area contributed by atoms with E-state index in [4.69, 9.17) is 0 Å². The summed E-state index contributed by atoms with van der Waals surface area (Å²) in [7, 11) is 0. The predicted molar refractivity (Wildman–Crippen MR) is 29.7 cm³/mol. The smallest absolute Gasteiger partial charge is 0.425 e. The topological polar surface area (TPSA) is 26.3 Å². The van der Waals surface area contributed by atoms with Gasteiger partial charge < -0.3 is 4.74 Å². The van der Waals surface area contributed by atoms with Crippen LogP contribution in [0, 0.1) is 0 Å². The van der Waals surface area contributed by atoms with E-state index in [1.54, 1.807) is 0 Å². The van der Waals surface area contributed by atoms with Crippen molar-refractivity contribution in [1.82, 2.24) is 0 Å². The molecule has 5 heteroatoms. The molecule has 0 saturated heterocycles. The third-order valence-corrected chi connectivity index (χ3v) is 1.29. The fraction of sp³-hybridized carbons (Fsp3) is 0.500. The molecule has 0 bridgehead atoms. The summed E-state index contributed by atoms with van der Waals surface area (Å²) in [6.07, 6.45) is -5.07. The number of ether oxygens (including phenoxy) is 1. The lowest BCUT2D eigenvalue weighted by molar-refractivity contribution is -0.202. The van der Waals surface area contributed by atoms with Crippen LogP contribution in [0.5, 0.6) is 0 Å². The van der Waals surface area contributed by atoms with Gasteiger partial charge in [-0.2, -0.15) is 13.2 Å². The standard InChI is InChI=1S/C6H5F3O2/c7-6(8,9)5-2-1-4(3-10)11-5/h1,3,5H,2H2. The van der Waals surface area contributed by atoms with Crippen LogP contribution in [0.2, 0.25) is 0 Å². The number of hydrogen-bond acceptors (Lipinski definition) is 2. The second-order valence-electron chi connectivity index (χ2n) is 2.11. The molecule has 62 valence electrons. The minimum absolute atomic E-state index is 0.229. The highest BCUT2D eigenvalue weighted by molar-refractivity contribution is 5.70. The number of aldehydes is 1. The predicted octanol–water partition coefficient (Wildman–Crippen LogP) is 1.42. The lowest BCUT2D eigenvalue weighted by atomic mass is 10.2. The van der Waals surface area contributed by atoms with Crippen molar-refractivity contribution in [2.45, 2.75) is 18.7 Å². The molecule has 0 aromatic carbocycles. The molecule has 1 aliphatic rings. The van der Waals surface area contributed by atoms with Crippen LogP contribution in [0.15, 0.2) is 11.8 Å². The first kappa shape index (κ1) is 8.10. The average molecular weight is 166 g/mol. The minimum Gasteiger partial charge on any atom is -0.478 e. The highest BCUT2D eigenvalue weighted by Gasteiger charge is 2.43. The van der Waals surface area contributed by atoms with E-state index in [9.17, 15) is 18.0 Å². The van der Waals surface area contributed by atoms with Crippen LogP contribution in [0.1, 0.15) is 6.42 Å². The van der Waals surface area contributed by atoms with E-state index in [1.165, 1.54) is 0 Å². The van der Waals surface area contributed by atoms with Gasteiger partial charge in [0.25, 0.3) is 0 Å². The summed E-state index contributed by atoms with van der Waals surface area (Å²) < 4.78 is 39.6. The Morgan fingerprint density at radius 3 is 2.55 bits per heavy atom. The van der Waals surface area contributed by atoms with Crippen molar-refractivity contribution in [3.05, 3.63) is 11.8 Å². The normalized spacial score (nSPS) is 24.3. The van der Waals surface area contributed by atoms with E-state index < -0.39 is 12.3 Å². The first-order valence-electron chi connectivity index (χ1n) is 2.92. The molecular weight excluding hydrogens is 161 g/mol. The zero-order valence-corrected chi connectivity index (χ0v) is 5.39. The van der Waals surface area contributed by atoms with Crippen LogP contribution in [0.4, 0.5) is 13.2 Å². The van der Waals surface area contributed by atoms with E-state index in [2.05, 4.69) is 4.74 Å². The van der Waals surface area contributed by atoms with Crippen molar-refractivity contribution in [1.29, 1.82) is 0 Å². The molecule has 0 aromatic rings. The molecule has 1 heterocycles. The molecule has 1 unspecified atom stereocenters. The zero-order chi connectivity index (χ0) is 8.48. The lowest BCUT2D eigenvalue weighted by Crippen LogP contribution is -2.28. The fourth-order valence-electron chi connectivity index (χ4n) is 0.760. The van der Waals surface area contributed by atoms with E-state index in [1.807, 2.05) is 0 Å². The number of hydrogen-bond donors (Lipinski definition) is 0. The van der Waals surface area contributed by atoms with Crippen LogP contribution in [-0.4, -0.2) is 18.6 Å². The SMILES string of the molecule is O=CC1=CCC(C(F)(F)F)O1. The molecule has 0 N–H and O–H groups in total. The zero-order valence-electron chi connectivity index (χ0n) is 5.39. The highest BCUT2D eigenvalue weighted by atomic mass is 19.4. The summed E-state index contributed by atoms with van der Waals surface area (Å²) in [5.41, 5.74) is 0. The maximum atomic E-state index is 11.8. The first-order valence-corrected chi connectivity index (χ1v) is 2.92. The largest absolute Gasteiger partial charge is 0.478 e. The summed E-state index contributed by atoms with van der Waals surface area (Å²) in [4.78, 5) is 9.92. The average Bonchev–Trinajstić information content (AvgIpc) is 2.32. The van der Waals surface area contributed by atoms with Gasteiger partial charge in [0.15, 0.2) is 18.1 Å². The van der Waals surface area contributed by atoms with Gasteiger partial charge in [-0.25, -0.2) is 0 Å². The van der Waals surface area contributed by atoms with Crippen molar-refractivity contribution in [3.63, 3.8) is 0 Å². The lowest BCUT2D eigenvalue weighted by Gasteiger charge is -2.14. The Morgan fingerprint density at radius 1 is 1.64 bits per heavy atom. The van der Waals surface area contributed by atoms with Gasteiger partial charge in [0.05, 0.1) is 0 Å². The molecule has 0 radical (unpaired) electrons. The Bertz CT molecular complexity index is 194. The fourth-order valence-corrected chi connectivity index (χ4v) is 0.760. The molecule has 0 amide bonds. The summed E-state index contributed by atoms with van der Waals surface area (Å²) in [5.74, 6) is -0.229. The van der Waals surface area contributed by atoms with E-state index in [0.29, 0.717) is 0 Å². The molecular formula is C6H5F3O2. The van der Waals surface area contributed by atoms with Crippen molar-refractivity contribution in [2.24, 2.45) is 0 Å². The second kappa shape index (κ2) is 2.56. The van der Waals surface area contributed by atoms with Gasteiger partial charge in [0, 0.05) is 6.42 Å². The molecule has 0 aliphatic carbocycles. The monoisotopic (exact) mass is 166 g/mol. The van der Waals surface area contributed by atoms with Crippen molar-refractivity contribution in [3.8, 4) is 0 Å². The van der Waals surface area contributed by atoms with Gasteiger partial charge in [-0.15, -0.1) is 0 Å². The Kier molecular flexibility index (Phi) is 1.89. The molecule has 1 atom stereocenters. The molecule has 0 aromatic heterocycles. The molecule has 0 saturated carbocycles. The van der Waals surface area contributed by atoms with E-state index in [0.717, 1.165) is 6.08 Å². The maximum absolute atomic E-state index is 11.8. The summed E-state index contributed by atoms with van der Waals surface area (Å²) in [5, 5.41) is 0. The third-order valence-electron chi connectivity index (χ3n) is 1.29. The highest BCUT2D eigenvalue weighted by Crippen LogP contribution is 2.30. The second-order valence-corrected chi connectivity index (χ2v) is 2.11. The molecule has 2 nitrogen and oxygen atoms in total. The van der Waals surface area contributed by atoms with Crippen LogP contribution >= 0.6 is 0 Å². The number of halogens is 3. The van der Waals surface area contributed by atoms with Gasteiger partial charge in [-0.3, -0.25) is 4.79 Å². The van der Waals surface area contributed by atoms with E-state index in [-0.39, 0.29) is 18.5 Å². The van der Waals surface area contributed by atoms with Crippen LogP contribution < -0.4 is 0 Å². The quantitative estimate of drug-likeness (QED) is 0.550. The molecule has 0 fully saturated rings. The number of carbonyl (C=O) groups is 1. The minimum atomic E-state index is -4.37. The van der Waals surface area contributed by atoms with Gasteiger partial charge in [-0.05, 0) is 6.08 Å². The van der Waals surface area contributed by atoms with Crippen molar-refractivity contribution < 1.29 is 22.7 Å². The van der Waals surface area contributed by atoms with Gasteiger partial charge in [0.1, 0.15) is 0 Å². The number of rotatable bonds is 1. The summed E-state index contributed by atoms with van der Waals surface area (Å²) in [6.45, 7) is 0. The van der Waals surface area contributed by atoms with Crippen LogP contribution in [-0.2, 0) is 9.53 Å². The molecule has 1 aliphatic heterocycles. The van der Waals surface area contributed by atoms with Crippen LogP contribution in [0.25, 0.3) is 0 Å². The first-order chi connectivity index (χ1) is 5.04. The Morgan fingerprint density at radius 2 is 2.27 bits per heavy atom. The number of allylic oxidation sites excluding steroid dienone is 1. The number of alkyl halides is 3. The van der Waals surface area contributed by atoms with Crippen molar-refractivity contribution in [2.75, 3.05) is 0 Å². The molecule has 11 heavy (non-hydrogen) atoms. The summed E-state index contributed by atoms with van der Waals surface area (Å²) >= 11 is 0. The van der Waals surface area contributed by atoms with Gasteiger partial charge in [-0.1, -0.05) is 0 Å². The van der Waals surface area contributed by atoms with Crippen molar-refractivity contribution >= 4 is 6.29 Å². The third kappa shape index (κ3) is 1.72. The summed E-state index contributed by atoms with van der Waals surface area (Å²) in [6, 6.07) is 0. The number of carbonyl (C=O) groups excluding carboxylic acids is 1. The van der Waals surface area contributed by atoms with Crippen LogP contribution in [0.3, 0.4) is 0 Å². The molecule has 1 rings (SSSR count). The Labute approximate surface area is 60.6 Å².